The summed E-state index contributed by atoms with van der Waals surface area (Å²) in [5.41, 5.74) is 6.42. The number of benzene rings is 3. The number of fused-ring (bicyclic) bond motifs is 1. The lowest BCUT2D eigenvalue weighted by molar-refractivity contribution is -0.133. The molecule has 3 aromatic carbocycles. The molecule has 34 heavy (non-hydrogen) atoms. The number of halogens is 2. The van der Waals surface area contributed by atoms with E-state index in [9.17, 15) is 14.4 Å². The zero-order valence-electron chi connectivity index (χ0n) is 18.3. The van der Waals surface area contributed by atoms with Gasteiger partial charge in [0.25, 0.3) is 5.91 Å². The van der Waals surface area contributed by atoms with Crippen LogP contribution in [0.25, 0.3) is 10.9 Å². The average molecular weight is 584 g/mol. The van der Waals surface area contributed by atoms with Crippen molar-refractivity contribution in [3.63, 3.8) is 0 Å². The smallest absolute Gasteiger partial charge is 0.320 e. The molecule has 3 N–H and O–H groups in total. The van der Waals surface area contributed by atoms with Crippen LogP contribution in [0, 0.1) is 13.8 Å². The van der Waals surface area contributed by atoms with Crippen LogP contribution in [0.2, 0.25) is 0 Å². The van der Waals surface area contributed by atoms with Crippen molar-refractivity contribution >= 4 is 71.9 Å². The average Bonchev–Trinajstić information content (AvgIpc) is 3.14. The summed E-state index contributed by atoms with van der Waals surface area (Å²) >= 11 is 6.88. The Labute approximate surface area is 212 Å². The molecular formula is C25H20Br2N4O3. The number of hydrogen-bond donors (Lipinski definition) is 3. The third-order valence-corrected chi connectivity index (χ3v) is 6.25. The predicted octanol–water partition coefficient (Wildman–Crippen LogP) is 5.74. The maximum Gasteiger partial charge on any atom is 0.328 e. The van der Waals surface area contributed by atoms with Gasteiger partial charge in [0.2, 0.25) is 0 Å². The number of anilines is 2. The topological polar surface area (TPSA) is 92.2 Å². The first-order valence-corrected chi connectivity index (χ1v) is 11.9. The number of carbonyl (C=O) groups is 3. The van der Waals surface area contributed by atoms with Gasteiger partial charge in [-0.3, -0.25) is 19.8 Å². The molecule has 4 rings (SSSR count). The van der Waals surface area contributed by atoms with Crippen molar-refractivity contribution in [1.82, 2.24) is 4.68 Å². The van der Waals surface area contributed by atoms with Crippen molar-refractivity contribution < 1.29 is 14.4 Å². The van der Waals surface area contributed by atoms with Gasteiger partial charge in [0.15, 0.2) is 0 Å². The third kappa shape index (κ3) is 5.21. The van der Waals surface area contributed by atoms with E-state index in [1.54, 1.807) is 36.4 Å². The summed E-state index contributed by atoms with van der Waals surface area (Å²) in [5, 5.41) is 6.12. The number of carbonyl (C=O) groups excluding carboxylic acids is 3. The van der Waals surface area contributed by atoms with Gasteiger partial charge in [-0.2, -0.15) is 0 Å². The Morgan fingerprint density at radius 2 is 1.47 bits per heavy atom. The van der Waals surface area contributed by atoms with Crippen molar-refractivity contribution in [2.45, 2.75) is 13.8 Å². The molecule has 3 amide bonds. The van der Waals surface area contributed by atoms with Crippen LogP contribution in [-0.2, 0) is 9.59 Å². The highest BCUT2D eigenvalue weighted by atomic mass is 79.9. The van der Waals surface area contributed by atoms with E-state index in [0.29, 0.717) is 22.3 Å². The number of rotatable bonds is 4. The molecule has 0 atom stereocenters. The van der Waals surface area contributed by atoms with Gasteiger partial charge in [0.05, 0.1) is 11.2 Å². The summed E-state index contributed by atoms with van der Waals surface area (Å²) < 4.78 is 2.86. The number of nitrogens with zero attached hydrogens (tertiary/aromatic N) is 1. The lowest BCUT2D eigenvalue weighted by Crippen LogP contribution is -2.36. The minimum absolute atomic E-state index is 0.164. The lowest BCUT2D eigenvalue weighted by atomic mass is 10.2. The molecule has 7 nitrogen and oxygen atoms in total. The van der Waals surface area contributed by atoms with Gasteiger partial charge in [-0.15, -0.1) is 0 Å². The Balaban J connectivity index is 1.63. The second-order valence-corrected chi connectivity index (χ2v) is 9.54. The molecule has 0 aliphatic carbocycles. The van der Waals surface area contributed by atoms with Gasteiger partial charge in [0, 0.05) is 20.0 Å². The Bertz CT molecular complexity index is 1430. The number of nitrogens with one attached hydrogen (secondary N) is 3. The molecule has 0 spiro atoms. The molecular weight excluding hydrogens is 564 g/mol. The number of aryl methyl sites for hydroxylation is 2. The Kier molecular flexibility index (Phi) is 6.85. The number of hydrogen-bond acceptors (Lipinski definition) is 3. The molecule has 0 fully saturated rings. The lowest BCUT2D eigenvalue weighted by Gasteiger charge is -2.13. The van der Waals surface area contributed by atoms with Crippen molar-refractivity contribution in [2.75, 3.05) is 16.1 Å². The molecule has 4 aromatic rings. The second-order valence-electron chi connectivity index (χ2n) is 7.77. The van der Waals surface area contributed by atoms with E-state index in [1.807, 2.05) is 44.2 Å². The van der Waals surface area contributed by atoms with E-state index >= 15 is 0 Å². The molecule has 1 aromatic heterocycles. The van der Waals surface area contributed by atoms with E-state index in [1.165, 1.54) is 4.68 Å². The molecule has 0 saturated heterocycles. The molecule has 0 bridgehead atoms. The van der Waals surface area contributed by atoms with Crippen LogP contribution in [0.5, 0.6) is 0 Å². The number of aromatic nitrogens is 1. The zero-order chi connectivity index (χ0) is 24.4. The first-order valence-electron chi connectivity index (χ1n) is 10.3. The van der Waals surface area contributed by atoms with Crippen LogP contribution >= 0.6 is 31.9 Å². The molecule has 0 aliphatic heterocycles. The quantitative estimate of drug-likeness (QED) is 0.267. The summed E-state index contributed by atoms with van der Waals surface area (Å²) in [4.78, 5) is 38.4. The normalized spacial score (nSPS) is 10.7. The van der Waals surface area contributed by atoms with Gasteiger partial charge in [-0.05, 0) is 83.9 Å². The van der Waals surface area contributed by atoms with Crippen LogP contribution in [0.15, 0.2) is 75.7 Å². The van der Waals surface area contributed by atoms with Crippen LogP contribution in [-0.4, -0.2) is 22.4 Å². The van der Waals surface area contributed by atoms with Crippen LogP contribution in [0.4, 0.5) is 11.4 Å². The van der Waals surface area contributed by atoms with E-state index in [0.717, 1.165) is 20.1 Å². The van der Waals surface area contributed by atoms with Crippen LogP contribution < -0.4 is 16.1 Å². The highest BCUT2D eigenvalue weighted by molar-refractivity contribution is 9.10. The fraction of sp³-hybridized carbons (Fsp3) is 0.0800. The van der Waals surface area contributed by atoms with Gasteiger partial charge < -0.3 is 10.6 Å². The fourth-order valence-electron chi connectivity index (χ4n) is 3.36. The highest BCUT2D eigenvalue weighted by Gasteiger charge is 2.21. The van der Waals surface area contributed by atoms with Crippen LogP contribution in [0.3, 0.4) is 0 Å². The Morgan fingerprint density at radius 1 is 0.765 bits per heavy atom. The minimum Gasteiger partial charge on any atom is -0.320 e. The third-order valence-electron chi connectivity index (χ3n) is 5.10. The second kappa shape index (κ2) is 9.82. The summed E-state index contributed by atoms with van der Waals surface area (Å²) in [5.74, 6) is -2.21. The summed E-state index contributed by atoms with van der Waals surface area (Å²) in [6.45, 7) is 3.87. The van der Waals surface area contributed by atoms with E-state index in [4.69, 9.17) is 0 Å². The maximum atomic E-state index is 13.2. The fourth-order valence-corrected chi connectivity index (χ4v) is 4.33. The first kappa shape index (κ1) is 23.7. The Morgan fingerprint density at radius 3 is 2.18 bits per heavy atom. The maximum absolute atomic E-state index is 13.2. The predicted molar refractivity (Wildman–Crippen MR) is 141 cm³/mol. The summed E-state index contributed by atoms with van der Waals surface area (Å²) in [7, 11) is 0. The van der Waals surface area contributed by atoms with E-state index in [-0.39, 0.29) is 5.69 Å². The van der Waals surface area contributed by atoms with Gasteiger partial charge >= 0.3 is 11.8 Å². The summed E-state index contributed by atoms with van der Waals surface area (Å²) in [6, 6.07) is 19.6. The molecule has 0 saturated carbocycles. The molecule has 0 unspecified atom stereocenters. The highest BCUT2D eigenvalue weighted by Crippen LogP contribution is 2.26. The molecule has 0 radical (unpaired) electrons. The zero-order valence-corrected chi connectivity index (χ0v) is 21.5. The van der Waals surface area contributed by atoms with Crippen molar-refractivity contribution in [3.8, 4) is 0 Å². The molecule has 172 valence electrons. The standard InChI is InChI=1S/C25H20Br2N4O3/c1-14-3-7-18(8-4-14)28-24(33)25(34)30-31-21-10-6-17(26)12-16(21)13-22(31)23(32)29-20-9-5-15(2)11-19(20)27/h3-13H,1-2H3,(H,28,33)(H,29,32)(H,30,34). The monoisotopic (exact) mass is 582 g/mol. The summed E-state index contributed by atoms with van der Waals surface area (Å²) in [6.07, 6.45) is 0. The van der Waals surface area contributed by atoms with Gasteiger partial charge in [0.1, 0.15) is 5.69 Å². The van der Waals surface area contributed by atoms with Crippen molar-refractivity contribution in [1.29, 1.82) is 0 Å². The number of amides is 3. The van der Waals surface area contributed by atoms with Crippen molar-refractivity contribution in [2.24, 2.45) is 0 Å². The minimum atomic E-state index is -0.911. The van der Waals surface area contributed by atoms with E-state index in [2.05, 4.69) is 47.9 Å². The largest absolute Gasteiger partial charge is 0.328 e. The molecule has 9 heteroatoms. The van der Waals surface area contributed by atoms with E-state index < -0.39 is 17.7 Å². The van der Waals surface area contributed by atoms with Gasteiger partial charge in [-0.25, -0.2) is 4.68 Å². The SMILES string of the molecule is Cc1ccc(NC(=O)C(=O)Nn2c(C(=O)Nc3ccc(C)cc3Br)cc3cc(Br)ccc32)cc1. The Hall–Kier alpha value is -3.43. The van der Waals surface area contributed by atoms with Gasteiger partial charge in [-0.1, -0.05) is 39.7 Å². The molecule has 1 heterocycles. The van der Waals surface area contributed by atoms with Crippen LogP contribution in [0.1, 0.15) is 21.6 Å². The first-order chi connectivity index (χ1) is 16.2. The van der Waals surface area contributed by atoms with Crippen molar-refractivity contribution in [3.05, 3.63) is 92.5 Å². The molecule has 0 aliphatic rings.